The van der Waals surface area contributed by atoms with Gasteiger partial charge in [-0.15, -0.1) is 0 Å². The van der Waals surface area contributed by atoms with Crippen molar-refractivity contribution in [3.8, 4) is 5.88 Å². The lowest BCUT2D eigenvalue weighted by molar-refractivity contribution is -0.112. The highest BCUT2D eigenvalue weighted by Crippen LogP contribution is 2.31. The van der Waals surface area contributed by atoms with E-state index in [2.05, 4.69) is 15.3 Å². The molecule has 0 bridgehead atoms. The highest BCUT2D eigenvalue weighted by Gasteiger charge is 2.25. The summed E-state index contributed by atoms with van der Waals surface area (Å²) in [5, 5.41) is 4.41. The number of carbonyl (C=O) groups is 2. The summed E-state index contributed by atoms with van der Waals surface area (Å²) in [5.41, 5.74) is 3.88. The Morgan fingerprint density at radius 2 is 1.91 bits per heavy atom. The van der Waals surface area contributed by atoms with Crippen molar-refractivity contribution in [3.63, 3.8) is 0 Å². The number of H-pyrrole nitrogens is 1. The van der Waals surface area contributed by atoms with Crippen molar-refractivity contribution in [1.82, 2.24) is 9.97 Å². The van der Waals surface area contributed by atoms with Gasteiger partial charge in [-0.05, 0) is 48.7 Å². The summed E-state index contributed by atoms with van der Waals surface area (Å²) in [6.45, 7) is 1.77. The second kappa shape index (κ2) is 9.02. The summed E-state index contributed by atoms with van der Waals surface area (Å²) in [5.74, 6) is -1.05. The van der Waals surface area contributed by atoms with Crippen molar-refractivity contribution in [2.75, 3.05) is 12.4 Å². The first-order valence-electron chi connectivity index (χ1n) is 9.77. The summed E-state index contributed by atoms with van der Waals surface area (Å²) in [6, 6.07) is 14.1. The number of fused-ring (bicyclic) bond motifs is 1. The molecule has 2 aromatic carbocycles. The lowest BCUT2D eigenvalue weighted by atomic mass is 9.96. The molecule has 4 aromatic rings. The molecule has 4 rings (SSSR count). The van der Waals surface area contributed by atoms with E-state index in [1.807, 2.05) is 24.3 Å². The molecule has 0 aliphatic rings. The van der Waals surface area contributed by atoms with Crippen LogP contribution in [0.4, 0.5) is 5.69 Å². The number of ketones is 1. The molecule has 0 unspecified atom stereocenters. The van der Waals surface area contributed by atoms with E-state index in [1.165, 1.54) is 13.3 Å². The van der Waals surface area contributed by atoms with Crippen LogP contribution in [-0.4, -0.2) is 28.8 Å². The minimum Gasteiger partial charge on any atom is -0.481 e. The molecule has 0 spiro atoms. The van der Waals surface area contributed by atoms with Crippen LogP contribution in [0.5, 0.6) is 5.88 Å². The zero-order valence-corrected chi connectivity index (χ0v) is 18.8. The van der Waals surface area contributed by atoms with E-state index in [9.17, 15) is 9.59 Å². The van der Waals surface area contributed by atoms with E-state index >= 15 is 0 Å². The van der Waals surface area contributed by atoms with Gasteiger partial charge in [0.05, 0.1) is 12.7 Å². The Morgan fingerprint density at radius 3 is 2.66 bits per heavy atom. The summed E-state index contributed by atoms with van der Waals surface area (Å²) < 4.78 is 5.06. The molecule has 0 radical (unpaired) electrons. The van der Waals surface area contributed by atoms with Crippen LogP contribution in [0.1, 0.15) is 27.2 Å². The number of carbonyl (C=O) groups excluding carboxylic acids is 2. The average molecular weight is 468 g/mol. The summed E-state index contributed by atoms with van der Waals surface area (Å²) in [6.07, 6.45) is 1.97. The smallest absolute Gasteiger partial charge is 0.296 e. The predicted molar refractivity (Wildman–Crippen MR) is 126 cm³/mol. The number of Topliss-reactive ketones (excluding diaryl/α,β-unsaturated/α-hetero) is 1. The van der Waals surface area contributed by atoms with E-state index in [4.69, 9.17) is 27.9 Å². The maximum atomic E-state index is 13.2. The largest absolute Gasteiger partial charge is 0.481 e. The number of hydrogen-bond acceptors (Lipinski definition) is 4. The summed E-state index contributed by atoms with van der Waals surface area (Å²) in [7, 11) is 1.48. The highest BCUT2D eigenvalue weighted by molar-refractivity contribution is 6.48. The first-order chi connectivity index (χ1) is 15.4. The molecule has 1 amide bonds. The Morgan fingerprint density at radius 1 is 1.09 bits per heavy atom. The zero-order valence-electron chi connectivity index (χ0n) is 17.3. The quantitative estimate of drug-likeness (QED) is 0.285. The van der Waals surface area contributed by atoms with Gasteiger partial charge in [-0.3, -0.25) is 9.59 Å². The first-order valence-corrected chi connectivity index (χ1v) is 10.5. The highest BCUT2D eigenvalue weighted by atomic mass is 35.5. The fourth-order valence-electron chi connectivity index (χ4n) is 3.65. The predicted octanol–water partition coefficient (Wildman–Crippen LogP) is 5.60. The van der Waals surface area contributed by atoms with Crippen molar-refractivity contribution in [2.24, 2.45) is 0 Å². The van der Waals surface area contributed by atoms with Crippen molar-refractivity contribution in [1.29, 1.82) is 0 Å². The van der Waals surface area contributed by atoms with Gasteiger partial charge in [0.2, 0.25) is 5.88 Å². The van der Waals surface area contributed by atoms with E-state index < -0.39 is 11.7 Å². The first kappa shape index (κ1) is 21.9. The van der Waals surface area contributed by atoms with Crippen LogP contribution in [0.25, 0.3) is 10.9 Å². The van der Waals surface area contributed by atoms with Gasteiger partial charge in [-0.1, -0.05) is 41.4 Å². The normalized spacial score (nSPS) is 10.9. The van der Waals surface area contributed by atoms with Crippen LogP contribution in [0, 0.1) is 6.92 Å². The fraction of sp³-hybridized carbons (Fsp3) is 0.125. The number of anilines is 1. The average Bonchev–Trinajstić information content (AvgIpc) is 3.11. The Bertz CT molecular complexity index is 1350. The van der Waals surface area contributed by atoms with Crippen LogP contribution in [-0.2, 0) is 11.2 Å². The SMILES string of the molecule is COc1cc(NC(=O)C(=O)c2c(C)[nH]c3cccc(Cc4ccc(Cl)cc4Cl)c23)ccn1. The molecule has 6 nitrogen and oxygen atoms in total. The van der Waals surface area contributed by atoms with E-state index in [0.717, 1.165) is 16.6 Å². The molecular formula is C24H19Cl2N3O3. The van der Waals surface area contributed by atoms with Crippen LogP contribution < -0.4 is 10.1 Å². The van der Waals surface area contributed by atoms with E-state index in [1.54, 1.807) is 31.2 Å². The molecule has 0 atom stereocenters. The lowest BCUT2D eigenvalue weighted by Gasteiger charge is -2.09. The Hall–Kier alpha value is -3.35. The third-order valence-electron chi connectivity index (χ3n) is 5.13. The Balaban J connectivity index is 1.71. The van der Waals surface area contributed by atoms with E-state index in [-0.39, 0.29) is 0 Å². The molecule has 8 heteroatoms. The number of aryl methyl sites for hydroxylation is 1. The van der Waals surface area contributed by atoms with Crippen molar-refractivity contribution < 1.29 is 14.3 Å². The molecular weight excluding hydrogens is 449 g/mol. The molecule has 0 aliphatic carbocycles. The van der Waals surface area contributed by atoms with Gasteiger partial charge in [0.1, 0.15) is 0 Å². The Labute approximate surface area is 194 Å². The number of nitrogens with one attached hydrogen (secondary N) is 2. The third kappa shape index (κ3) is 4.33. The second-order valence-corrected chi connectivity index (χ2v) is 8.09. The van der Waals surface area contributed by atoms with Gasteiger partial charge in [0.15, 0.2) is 0 Å². The van der Waals surface area contributed by atoms with Crippen LogP contribution in [0.15, 0.2) is 54.7 Å². The molecule has 0 saturated carbocycles. The lowest BCUT2D eigenvalue weighted by Crippen LogP contribution is -2.23. The third-order valence-corrected chi connectivity index (χ3v) is 5.72. The van der Waals surface area contributed by atoms with Crippen LogP contribution in [0.2, 0.25) is 10.0 Å². The Kier molecular flexibility index (Phi) is 6.17. The molecule has 0 fully saturated rings. The van der Waals surface area contributed by atoms with Gasteiger partial charge < -0.3 is 15.0 Å². The molecule has 2 heterocycles. The van der Waals surface area contributed by atoms with Gasteiger partial charge in [-0.25, -0.2) is 4.98 Å². The molecule has 32 heavy (non-hydrogen) atoms. The van der Waals surface area contributed by atoms with Crippen LogP contribution >= 0.6 is 23.2 Å². The number of benzene rings is 2. The monoisotopic (exact) mass is 467 g/mol. The number of aromatic amines is 1. The number of pyridine rings is 1. The number of aromatic nitrogens is 2. The summed E-state index contributed by atoms with van der Waals surface area (Å²) in [4.78, 5) is 33.2. The molecule has 2 N–H and O–H groups in total. The van der Waals surface area contributed by atoms with Gasteiger partial charge in [-0.2, -0.15) is 0 Å². The van der Waals surface area contributed by atoms with E-state index in [0.29, 0.717) is 44.7 Å². The van der Waals surface area contributed by atoms with Gasteiger partial charge in [0.25, 0.3) is 11.7 Å². The summed E-state index contributed by atoms with van der Waals surface area (Å²) >= 11 is 12.4. The molecule has 162 valence electrons. The topological polar surface area (TPSA) is 84.1 Å². The number of hydrogen-bond donors (Lipinski definition) is 2. The number of rotatable bonds is 6. The minimum absolute atomic E-state index is 0.333. The molecule has 0 saturated heterocycles. The van der Waals surface area contributed by atoms with Crippen LogP contribution in [0.3, 0.4) is 0 Å². The molecule has 2 aromatic heterocycles. The number of ether oxygens (including phenoxy) is 1. The van der Waals surface area contributed by atoms with Gasteiger partial charge >= 0.3 is 0 Å². The maximum absolute atomic E-state index is 13.2. The fourth-order valence-corrected chi connectivity index (χ4v) is 4.13. The maximum Gasteiger partial charge on any atom is 0.296 e. The van der Waals surface area contributed by atoms with Crippen molar-refractivity contribution in [3.05, 3.63) is 87.2 Å². The zero-order chi connectivity index (χ0) is 22.8. The minimum atomic E-state index is -0.749. The van der Waals surface area contributed by atoms with Gasteiger partial charge in [0, 0.05) is 44.6 Å². The second-order valence-electron chi connectivity index (χ2n) is 7.25. The van der Waals surface area contributed by atoms with Crippen molar-refractivity contribution in [2.45, 2.75) is 13.3 Å². The number of amides is 1. The number of methoxy groups -OCH3 is 1. The number of nitrogens with zero attached hydrogens (tertiary/aromatic N) is 1. The number of halogens is 2. The molecule has 0 aliphatic heterocycles. The standard InChI is InChI=1S/C24H19Cl2N3O3/c1-13-21(23(30)24(31)29-17-8-9-27-20(12-17)32-2)22-15(4-3-5-19(22)28-13)10-14-6-7-16(25)11-18(14)26/h3-9,11-12,28H,10H2,1-2H3,(H,27,29,31). The van der Waals surface area contributed by atoms with Crippen molar-refractivity contribution >= 4 is 51.5 Å².